The molecular formula is C8H9N. The fourth-order valence-electron chi connectivity index (χ4n) is 0.713. The van der Waals surface area contributed by atoms with Gasteiger partial charge in [-0.1, -0.05) is 6.07 Å². The van der Waals surface area contributed by atoms with E-state index in [-0.39, 0.29) is 0 Å². The number of hydrogen-bond donors (Lipinski definition) is 0. The van der Waals surface area contributed by atoms with Gasteiger partial charge in [-0.25, -0.2) is 0 Å². The Morgan fingerprint density at radius 3 is 3.00 bits per heavy atom. The Kier molecular flexibility index (Phi) is 2.25. The highest BCUT2D eigenvalue weighted by molar-refractivity contribution is 5.08. The lowest BCUT2D eigenvalue weighted by Crippen LogP contribution is -1.81. The van der Waals surface area contributed by atoms with E-state index in [9.17, 15) is 0 Å². The Morgan fingerprint density at radius 2 is 2.44 bits per heavy atom. The van der Waals surface area contributed by atoms with Crippen molar-refractivity contribution in [3.63, 3.8) is 0 Å². The Labute approximate surface area is 55.7 Å². The van der Waals surface area contributed by atoms with Gasteiger partial charge in [-0.05, 0) is 31.4 Å². The van der Waals surface area contributed by atoms with Crippen LogP contribution in [0.5, 0.6) is 0 Å². The highest BCUT2D eigenvalue weighted by Crippen LogP contribution is 1.97. The lowest BCUT2D eigenvalue weighted by atomic mass is 10.2. The lowest BCUT2D eigenvalue weighted by Gasteiger charge is -1.92. The summed E-state index contributed by atoms with van der Waals surface area (Å²) in [5.74, 6) is 0. The molecule has 0 N–H and O–H groups in total. The number of aromatic nitrogens is 1. The van der Waals surface area contributed by atoms with Gasteiger partial charge < -0.3 is 0 Å². The van der Waals surface area contributed by atoms with Gasteiger partial charge in [-0.3, -0.25) is 4.98 Å². The molecule has 2 radical (unpaired) electrons. The molecule has 0 aromatic carbocycles. The first kappa shape index (κ1) is 6.27. The second kappa shape index (κ2) is 3.23. The van der Waals surface area contributed by atoms with Crippen LogP contribution in [0.3, 0.4) is 0 Å². The summed E-state index contributed by atoms with van der Waals surface area (Å²) in [6.45, 7) is 5.33. The SMILES string of the molecule is [CH]CCc1cccnc1. The zero-order valence-electron chi connectivity index (χ0n) is 5.25. The molecule has 0 atom stereocenters. The van der Waals surface area contributed by atoms with Crippen LogP contribution in [0.2, 0.25) is 0 Å². The normalized spacial score (nSPS) is 9.44. The first-order valence-corrected chi connectivity index (χ1v) is 3.02. The molecule has 1 aromatic heterocycles. The zero-order valence-corrected chi connectivity index (χ0v) is 5.25. The molecule has 1 heterocycles. The van der Waals surface area contributed by atoms with Gasteiger partial charge in [0.1, 0.15) is 0 Å². The van der Waals surface area contributed by atoms with Crippen molar-refractivity contribution in [2.24, 2.45) is 0 Å². The van der Waals surface area contributed by atoms with Crippen LogP contribution in [0.15, 0.2) is 24.5 Å². The van der Waals surface area contributed by atoms with Gasteiger partial charge in [0, 0.05) is 12.4 Å². The van der Waals surface area contributed by atoms with Gasteiger partial charge in [0.25, 0.3) is 0 Å². The highest BCUT2D eigenvalue weighted by atomic mass is 14.6. The van der Waals surface area contributed by atoms with E-state index < -0.39 is 0 Å². The standard InChI is InChI=1S/C8H9N/c1-2-4-8-5-3-6-9-7-8/h1,3,5-7H,2,4H2. The molecule has 1 heteroatoms. The number of nitrogens with zero attached hydrogens (tertiary/aromatic N) is 1. The summed E-state index contributed by atoms with van der Waals surface area (Å²) in [6, 6.07) is 3.95. The van der Waals surface area contributed by atoms with Gasteiger partial charge in [-0.15, -0.1) is 0 Å². The second-order valence-electron chi connectivity index (χ2n) is 1.90. The molecule has 1 nitrogen and oxygen atoms in total. The third-order valence-corrected chi connectivity index (χ3v) is 1.16. The van der Waals surface area contributed by atoms with Gasteiger partial charge in [0.05, 0.1) is 0 Å². The van der Waals surface area contributed by atoms with E-state index in [1.54, 1.807) is 6.20 Å². The van der Waals surface area contributed by atoms with Crippen molar-refractivity contribution in [2.45, 2.75) is 12.8 Å². The smallest absolute Gasteiger partial charge is 0.0299 e. The first-order chi connectivity index (χ1) is 4.43. The molecule has 1 aromatic rings. The minimum Gasteiger partial charge on any atom is -0.264 e. The fourth-order valence-corrected chi connectivity index (χ4v) is 0.713. The molecule has 0 bridgehead atoms. The second-order valence-corrected chi connectivity index (χ2v) is 1.90. The summed E-state index contributed by atoms with van der Waals surface area (Å²) >= 11 is 0. The number of hydrogen-bond acceptors (Lipinski definition) is 1. The number of pyridine rings is 1. The third kappa shape index (κ3) is 1.84. The molecular weight excluding hydrogens is 110 g/mol. The Bertz CT molecular complexity index is 157. The van der Waals surface area contributed by atoms with Crippen molar-refractivity contribution in [1.82, 2.24) is 4.98 Å². The van der Waals surface area contributed by atoms with Gasteiger partial charge in [0.2, 0.25) is 0 Å². The third-order valence-electron chi connectivity index (χ3n) is 1.16. The van der Waals surface area contributed by atoms with Crippen molar-refractivity contribution in [3.05, 3.63) is 37.0 Å². The van der Waals surface area contributed by atoms with E-state index in [2.05, 4.69) is 4.98 Å². The van der Waals surface area contributed by atoms with Crippen molar-refractivity contribution in [1.29, 1.82) is 0 Å². The minimum absolute atomic E-state index is 0.700. The minimum atomic E-state index is 0.700. The molecule has 0 fully saturated rings. The van der Waals surface area contributed by atoms with Crippen LogP contribution in [0.4, 0.5) is 0 Å². The summed E-state index contributed by atoms with van der Waals surface area (Å²) in [5.41, 5.74) is 1.21. The summed E-state index contributed by atoms with van der Waals surface area (Å²) in [4.78, 5) is 3.95. The lowest BCUT2D eigenvalue weighted by molar-refractivity contribution is 0.985. The van der Waals surface area contributed by atoms with Crippen molar-refractivity contribution in [3.8, 4) is 0 Å². The average Bonchev–Trinajstić information content (AvgIpc) is 1.91. The van der Waals surface area contributed by atoms with Crippen LogP contribution in [-0.2, 0) is 6.42 Å². The number of aryl methyl sites for hydroxylation is 1. The first-order valence-electron chi connectivity index (χ1n) is 3.02. The summed E-state index contributed by atoms with van der Waals surface area (Å²) in [6.07, 6.45) is 5.23. The quantitative estimate of drug-likeness (QED) is 0.577. The van der Waals surface area contributed by atoms with Crippen molar-refractivity contribution in [2.75, 3.05) is 0 Å². The molecule has 1 rings (SSSR count). The van der Waals surface area contributed by atoms with Crippen LogP contribution in [-0.4, -0.2) is 4.98 Å². The fraction of sp³-hybridized carbons (Fsp3) is 0.250. The summed E-state index contributed by atoms with van der Waals surface area (Å²) < 4.78 is 0. The molecule has 0 unspecified atom stereocenters. The van der Waals surface area contributed by atoms with Crippen molar-refractivity contribution >= 4 is 0 Å². The van der Waals surface area contributed by atoms with E-state index in [0.29, 0.717) is 6.42 Å². The Hall–Kier alpha value is -0.850. The molecule has 0 spiro atoms. The predicted octanol–water partition coefficient (Wildman–Crippen LogP) is 1.73. The van der Waals surface area contributed by atoms with Crippen LogP contribution in [0, 0.1) is 6.92 Å². The maximum absolute atomic E-state index is 5.33. The molecule has 0 aliphatic carbocycles. The monoisotopic (exact) mass is 119 g/mol. The zero-order chi connectivity index (χ0) is 6.53. The molecule has 0 aliphatic rings. The van der Waals surface area contributed by atoms with E-state index in [4.69, 9.17) is 6.92 Å². The van der Waals surface area contributed by atoms with E-state index in [0.717, 1.165) is 6.42 Å². The Balaban J connectivity index is 2.61. The molecule has 0 aliphatic heterocycles. The Morgan fingerprint density at radius 1 is 1.56 bits per heavy atom. The van der Waals surface area contributed by atoms with Crippen LogP contribution >= 0.6 is 0 Å². The molecule has 46 valence electrons. The predicted molar refractivity (Wildman–Crippen MR) is 36.9 cm³/mol. The maximum Gasteiger partial charge on any atom is 0.0299 e. The topological polar surface area (TPSA) is 12.9 Å². The van der Waals surface area contributed by atoms with E-state index in [1.807, 2.05) is 18.3 Å². The number of rotatable bonds is 2. The molecule has 0 amide bonds. The van der Waals surface area contributed by atoms with E-state index in [1.165, 1.54) is 5.56 Å². The maximum atomic E-state index is 5.33. The molecule has 0 saturated heterocycles. The van der Waals surface area contributed by atoms with Gasteiger partial charge in [-0.2, -0.15) is 0 Å². The highest BCUT2D eigenvalue weighted by Gasteiger charge is 1.85. The summed E-state index contributed by atoms with van der Waals surface area (Å²) in [5, 5.41) is 0. The van der Waals surface area contributed by atoms with Crippen LogP contribution < -0.4 is 0 Å². The van der Waals surface area contributed by atoms with E-state index >= 15 is 0 Å². The van der Waals surface area contributed by atoms with Crippen LogP contribution in [0.25, 0.3) is 0 Å². The summed E-state index contributed by atoms with van der Waals surface area (Å²) in [7, 11) is 0. The van der Waals surface area contributed by atoms with Crippen molar-refractivity contribution < 1.29 is 0 Å². The van der Waals surface area contributed by atoms with Gasteiger partial charge in [0.15, 0.2) is 0 Å². The van der Waals surface area contributed by atoms with Crippen LogP contribution in [0.1, 0.15) is 12.0 Å². The average molecular weight is 119 g/mol. The molecule has 9 heavy (non-hydrogen) atoms. The molecule has 0 saturated carbocycles. The largest absolute Gasteiger partial charge is 0.264 e. The van der Waals surface area contributed by atoms with Gasteiger partial charge >= 0.3 is 0 Å².